The molecule has 6 nitrogen and oxygen atoms in total. The Kier molecular flexibility index (Phi) is 6.45. The Morgan fingerprint density at radius 3 is 2.88 bits per heavy atom. The van der Waals surface area contributed by atoms with Crippen LogP contribution in [0, 0.1) is 0 Å². The molecule has 1 aromatic heterocycles. The summed E-state index contributed by atoms with van der Waals surface area (Å²) in [6.45, 7) is 5.93. The summed E-state index contributed by atoms with van der Waals surface area (Å²) in [5.74, 6) is 0.0651. The lowest BCUT2D eigenvalue weighted by atomic mass is 10.2. The molecule has 2 N–H and O–H groups in total. The van der Waals surface area contributed by atoms with Gasteiger partial charge in [0.15, 0.2) is 5.69 Å². The molecule has 1 heterocycles. The third-order valence-electron chi connectivity index (χ3n) is 3.53. The van der Waals surface area contributed by atoms with Gasteiger partial charge in [-0.05, 0) is 45.3 Å². The molecule has 2 aromatic rings. The number of nitrogens with zero attached hydrogens (tertiary/aromatic N) is 4. The highest BCUT2D eigenvalue weighted by Crippen LogP contribution is 2.38. The van der Waals surface area contributed by atoms with Crippen LogP contribution in [0.15, 0.2) is 47.1 Å². The zero-order valence-electron chi connectivity index (χ0n) is 14.1. The van der Waals surface area contributed by atoms with E-state index in [2.05, 4.69) is 27.0 Å². The number of allylic oxidation sites excluding steroid dienone is 1. The second kappa shape index (κ2) is 8.56. The second-order valence-corrected chi connectivity index (χ2v) is 6.06. The molecule has 1 aromatic carbocycles. The van der Waals surface area contributed by atoms with Crippen molar-refractivity contribution in [3.8, 4) is 5.88 Å². The quantitative estimate of drug-likeness (QED) is 0.349. The fraction of sp³-hybridized carbons (Fsp3) is 0.353. The van der Waals surface area contributed by atoms with Gasteiger partial charge in [0.1, 0.15) is 0 Å². The van der Waals surface area contributed by atoms with Crippen molar-refractivity contribution in [2.45, 2.75) is 13.0 Å². The lowest BCUT2D eigenvalue weighted by Gasteiger charge is -2.09. The summed E-state index contributed by atoms with van der Waals surface area (Å²) in [5.41, 5.74) is 1.30. The van der Waals surface area contributed by atoms with E-state index in [-0.39, 0.29) is 5.88 Å². The van der Waals surface area contributed by atoms with E-state index >= 15 is 0 Å². The van der Waals surface area contributed by atoms with Crippen molar-refractivity contribution in [1.82, 2.24) is 14.8 Å². The molecular weight excluding hydrogens is 322 g/mol. The predicted octanol–water partition coefficient (Wildman–Crippen LogP) is 3.44. The van der Waals surface area contributed by atoms with Crippen molar-refractivity contribution in [3.63, 3.8) is 0 Å². The standard InChI is InChI=1S/C17H23N5OS/c1-4-11-22-14-9-6-5-8-13(14)15(16(22)23)19-20-17(24)18-10-7-12-21(2)3/h4-6,8-9,23H,1,7,10-12H2,2-3H3,(H,18,24). The molecule has 128 valence electrons. The van der Waals surface area contributed by atoms with Crippen molar-refractivity contribution in [2.75, 3.05) is 27.2 Å². The third kappa shape index (κ3) is 4.39. The first-order chi connectivity index (χ1) is 11.5. The Morgan fingerprint density at radius 1 is 1.42 bits per heavy atom. The van der Waals surface area contributed by atoms with Crippen LogP contribution in [0.1, 0.15) is 6.42 Å². The Labute approximate surface area is 147 Å². The van der Waals surface area contributed by atoms with Gasteiger partial charge >= 0.3 is 0 Å². The van der Waals surface area contributed by atoms with Crippen LogP contribution in [0.4, 0.5) is 5.69 Å². The normalized spacial score (nSPS) is 11.5. The lowest BCUT2D eigenvalue weighted by molar-refractivity contribution is 0.400. The summed E-state index contributed by atoms with van der Waals surface area (Å²) in [6, 6.07) is 7.64. The maximum Gasteiger partial charge on any atom is 0.221 e. The average molecular weight is 345 g/mol. The van der Waals surface area contributed by atoms with Crippen molar-refractivity contribution in [2.24, 2.45) is 10.2 Å². The maximum atomic E-state index is 10.4. The minimum atomic E-state index is 0.0651. The molecule has 0 aliphatic heterocycles. The number of aromatic hydroxyl groups is 1. The minimum Gasteiger partial charge on any atom is -0.493 e. The van der Waals surface area contributed by atoms with E-state index in [9.17, 15) is 5.11 Å². The van der Waals surface area contributed by atoms with E-state index in [0.717, 1.165) is 30.4 Å². The summed E-state index contributed by atoms with van der Waals surface area (Å²) in [6.07, 6.45) is 2.69. The van der Waals surface area contributed by atoms with Crippen LogP contribution in [0.2, 0.25) is 0 Å². The summed E-state index contributed by atoms with van der Waals surface area (Å²) in [4.78, 5) is 2.11. The smallest absolute Gasteiger partial charge is 0.221 e. The van der Waals surface area contributed by atoms with E-state index in [1.807, 2.05) is 38.4 Å². The molecule has 0 saturated heterocycles. The van der Waals surface area contributed by atoms with Gasteiger partial charge in [0.2, 0.25) is 11.0 Å². The zero-order valence-corrected chi connectivity index (χ0v) is 14.9. The molecule has 0 atom stereocenters. The molecule has 0 aliphatic rings. The monoisotopic (exact) mass is 345 g/mol. The van der Waals surface area contributed by atoms with Crippen LogP contribution in [0.3, 0.4) is 0 Å². The van der Waals surface area contributed by atoms with Gasteiger partial charge in [0.05, 0.1) is 5.52 Å². The summed E-state index contributed by atoms with van der Waals surface area (Å²) in [7, 11) is 4.06. The highest BCUT2D eigenvalue weighted by Gasteiger charge is 2.15. The van der Waals surface area contributed by atoms with Crippen molar-refractivity contribution in [1.29, 1.82) is 0 Å². The summed E-state index contributed by atoms with van der Waals surface area (Å²) in [5, 5.41) is 22.8. The van der Waals surface area contributed by atoms with Crippen LogP contribution in [0.25, 0.3) is 10.9 Å². The van der Waals surface area contributed by atoms with Crippen LogP contribution in [0.5, 0.6) is 5.88 Å². The van der Waals surface area contributed by atoms with Crippen LogP contribution in [-0.2, 0) is 6.54 Å². The van der Waals surface area contributed by atoms with E-state index < -0.39 is 0 Å². The fourth-order valence-corrected chi connectivity index (χ4v) is 2.55. The van der Waals surface area contributed by atoms with Gasteiger partial charge in [-0.3, -0.25) is 0 Å². The van der Waals surface area contributed by atoms with Gasteiger partial charge < -0.3 is 19.9 Å². The van der Waals surface area contributed by atoms with Gasteiger partial charge in [-0.25, -0.2) is 0 Å². The van der Waals surface area contributed by atoms with Crippen LogP contribution >= 0.6 is 12.2 Å². The number of para-hydroxylation sites is 1. The number of hydrogen-bond acceptors (Lipinski definition) is 4. The Balaban J connectivity index is 2.13. The number of fused-ring (bicyclic) bond motifs is 1. The molecule has 2 rings (SSSR count). The number of azo groups is 1. The lowest BCUT2D eigenvalue weighted by Crippen LogP contribution is -2.24. The summed E-state index contributed by atoms with van der Waals surface area (Å²) >= 11 is 5.17. The molecule has 0 spiro atoms. The van der Waals surface area contributed by atoms with Gasteiger partial charge in [0.25, 0.3) is 0 Å². The molecule has 7 heteroatoms. The molecule has 0 amide bonds. The highest BCUT2D eigenvalue weighted by atomic mass is 32.1. The molecule has 0 aliphatic carbocycles. The topological polar surface area (TPSA) is 65.1 Å². The molecular formula is C17H23N5OS. The summed E-state index contributed by atoms with van der Waals surface area (Å²) < 4.78 is 1.74. The van der Waals surface area contributed by atoms with E-state index in [1.54, 1.807) is 10.6 Å². The van der Waals surface area contributed by atoms with E-state index in [0.29, 0.717) is 17.3 Å². The van der Waals surface area contributed by atoms with Crippen molar-refractivity contribution >= 4 is 33.9 Å². The molecule has 0 bridgehead atoms. The zero-order chi connectivity index (χ0) is 17.5. The maximum absolute atomic E-state index is 10.4. The first-order valence-electron chi connectivity index (χ1n) is 7.80. The van der Waals surface area contributed by atoms with Crippen LogP contribution in [-0.4, -0.2) is 46.9 Å². The number of rotatable bonds is 7. The number of thiocarbonyl (C=S) groups is 1. The fourth-order valence-electron chi connectivity index (χ4n) is 2.41. The molecule has 0 fully saturated rings. The first kappa shape index (κ1) is 18.1. The SMILES string of the molecule is C=CCn1c(O)c(N=NC(=S)NCCCN(C)C)c2ccccc21. The van der Waals surface area contributed by atoms with Crippen LogP contribution < -0.4 is 5.32 Å². The van der Waals surface area contributed by atoms with Gasteiger partial charge in [0, 0.05) is 18.5 Å². The average Bonchev–Trinajstić information content (AvgIpc) is 2.82. The van der Waals surface area contributed by atoms with Crippen molar-refractivity contribution in [3.05, 3.63) is 36.9 Å². The molecule has 0 saturated carbocycles. The van der Waals surface area contributed by atoms with Crippen molar-refractivity contribution < 1.29 is 5.11 Å². The number of nitrogens with one attached hydrogen (secondary N) is 1. The largest absolute Gasteiger partial charge is 0.493 e. The van der Waals surface area contributed by atoms with Gasteiger partial charge in [-0.1, -0.05) is 24.3 Å². The Morgan fingerprint density at radius 2 is 2.17 bits per heavy atom. The second-order valence-electron chi connectivity index (χ2n) is 5.68. The van der Waals surface area contributed by atoms with Gasteiger partial charge in [-0.2, -0.15) is 0 Å². The Bertz CT molecular complexity index is 751. The third-order valence-corrected chi connectivity index (χ3v) is 3.75. The number of aromatic nitrogens is 1. The minimum absolute atomic E-state index is 0.0651. The van der Waals surface area contributed by atoms with E-state index in [1.165, 1.54) is 0 Å². The molecule has 24 heavy (non-hydrogen) atoms. The molecule has 0 radical (unpaired) electrons. The Hall–Kier alpha value is -2.25. The van der Waals surface area contributed by atoms with Gasteiger partial charge in [-0.15, -0.1) is 16.8 Å². The number of hydrogen-bond donors (Lipinski definition) is 2. The van der Waals surface area contributed by atoms with E-state index in [4.69, 9.17) is 12.2 Å². The predicted molar refractivity (Wildman–Crippen MR) is 102 cm³/mol. The molecule has 0 unspecified atom stereocenters. The number of benzene rings is 1. The highest BCUT2D eigenvalue weighted by molar-refractivity contribution is 7.80. The first-order valence-corrected chi connectivity index (χ1v) is 8.20.